The highest BCUT2D eigenvalue weighted by atomic mass is 32.1. The molecule has 2 aromatic heterocycles. The van der Waals surface area contributed by atoms with E-state index in [1.165, 1.54) is 17.8 Å². The quantitative estimate of drug-likeness (QED) is 0.642. The fraction of sp³-hybridized carbons (Fsp3) is 0.381. The van der Waals surface area contributed by atoms with Crippen LogP contribution in [0.4, 0.5) is 5.13 Å². The fourth-order valence-corrected chi connectivity index (χ4v) is 4.53. The average Bonchev–Trinajstić information content (AvgIpc) is 3.39. The number of amides is 1. The van der Waals surface area contributed by atoms with E-state index >= 15 is 0 Å². The van der Waals surface area contributed by atoms with Gasteiger partial charge in [-0.05, 0) is 25.8 Å². The summed E-state index contributed by atoms with van der Waals surface area (Å²) in [6.45, 7) is 1.64. The highest BCUT2D eigenvalue weighted by Gasteiger charge is 2.33. The highest BCUT2D eigenvalue weighted by Crippen LogP contribution is 2.30. The zero-order valence-corrected chi connectivity index (χ0v) is 16.6. The molecule has 1 N–H and O–H groups in total. The maximum absolute atomic E-state index is 13.2. The van der Waals surface area contributed by atoms with E-state index in [1.54, 1.807) is 24.2 Å². The van der Waals surface area contributed by atoms with Gasteiger partial charge in [0.25, 0.3) is 5.91 Å². The monoisotopic (exact) mass is 397 g/mol. The number of hydrogen-bond donors (Lipinski definition) is 1. The van der Waals surface area contributed by atoms with Crippen LogP contribution in [0.5, 0.6) is 0 Å². The maximum atomic E-state index is 13.2. The number of benzene rings is 1. The van der Waals surface area contributed by atoms with Crippen molar-refractivity contribution >= 4 is 39.2 Å². The summed E-state index contributed by atoms with van der Waals surface area (Å²) in [6.07, 6.45) is 7.75. The predicted octanol–water partition coefficient (Wildman–Crippen LogP) is 4.54. The lowest BCUT2D eigenvalue weighted by atomic mass is 9.94. The molecule has 1 aliphatic rings. The highest BCUT2D eigenvalue weighted by molar-refractivity contribution is 7.13. The molecular formula is C21H23N3O3S. The molecule has 0 saturated heterocycles. The van der Waals surface area contributed by atoms with Crippen molar-refractivity contribution in [3.63, 3.8) is 0 Å². The molecular weight excluding hydrogens is 374 g/mol. The third-order valence-corrected chi connectivity index (χ3v) is 6.01. The van der Waals surface area contributed by atoms with Crippen molar-refractivity contribution in [2.24, 2.45) is 0 Å². The van der Waals surface area contributed by atoms with Gasteiger partial charge in [-0.25, -0.2) is 9.78 Å². The summed E-state index contributed by atoms with van der Waals surface area (Å²) in [5.41, 5.74) is 1.30. The lowest BCUT2D eigenvalue weighted by Gasteiger charge is -2.33. The van der Waals surface area contributed by atoms with Gasteiger partial charge < -0.3 is 9.72 Å². The Labute approximate surface area is 167 Å². The lowest BCUT2D eigenvalue weighted by molar-refractivity contribution is -0.127. The Morgan fingerprint density at radius 1 is 1.25 bits per heavy atom. The van der Waals surface area contributed by atoms with E-state index in [0.717, 1.165) is 36.6 Å². The first kappa shape index (κ1) is 18.7. The molecule has 1 saturated carbocycles. The number of para-hydroxylation sites is 1. The van der Waals surface area contributed by atoms with Crippen molar-refractivity contribution in [2.45, 2.75) is 51.2 Å². The van der Waals surface area contributed by atoms with Crippen molar-refractivity contribution in [1.82, 2.24) is 9.97 Å². The molecule has 6 nitrogen and oxygen atoms in total. The van der Waals surface area contributed by atoms with Crippen LogP contribution in [-0.4, -0.2) is 34.0 Å². The largest absolute Gasteiger partial charge is 0.449 e. The van der Waals surface area contributed by atoms with Crippen molar-refractivity contribution in [1.29, 1.82) is 0 Å². The minimum Gasteiger partial charge on any atom is -0.449 e. The zero-order valence-electron chi connectivity index (χ0n) is 15.8. The first-order valence-corrected chi connectivity index (χ1v) is 10.5. The molecule has 0 spiro atoms. The Morgan fingerprint density at radius 3 is 2.79 bits per heavy atom. The smallest absolute Gasteiger partial charge is 0.341 e. The number of hydrogen-bond acceptors (Lipinski definition) is 5. The molecule has 1 amide bonds. The van der Waals surface area contributed by atoms with Gasteiger partial charge in [0.1, 0.15) is 0 Å². The van der Waals surface area contributed by atoms with Crippen LogP contribution in [-0.2, 0) is 9.53 Å². The number of H-pyrrole nitrogens is 1. The number of aromatic nitrogens is 2. The van der Waals surface area contributed by atoms with Crippen LogP contribution in [0.25, 0.3) is 10.9 Å². The van der Waals surface area contributed by atoms with Gasteiger partial charge in [-0.2, -0.15) is 0 Å². The number of thiazole rings is 1. The molecule has 1 atom stereocenters. The van der Waals surface area contributed by atoms with E-state index in [9.17, 15) is 9.59 Å². The number of carbonyl (C=O) groups excluding carboxylic acids is 2. The predicted molar refractivity (Wildman–Crippen MR) is 110 cm³/mol. The number of nitrogens with one attached hydrogen (secondary N) is 1. The molecule has 1 aromatic carbocycles. The number of esters is 1. The van der Waals surface area contributed by atoms with Crippen LogP contribution in [0.15, 0.2) is 42.0 Å². The van der Waals surface area contributed by atoms with E-state index in [4.69, 9.17) is 4.74 Å². The number of aromatic amines is 1. The minimum absolute atomic E-state index is 0.113. The summed E-state index contributed by atoms with van der Waals surface area (Å²) in [4.78, 5) is 35.1. The van der Waals surface area contributed by atoms with Gasteiger partial charge >= 0.3 is 5.97 Å². The lowest BCUT2D eigenvalue weighted by Crippen LogP contribution is -2.47. The maximum Gasteiger partial charge on any atom is 0.341 e. The second kappa shape index (κ2) is 8.14. The van der Waals surface area contributed by atoms with Crippen LogP contribution in [0, 0.1) is 0 Å². The van der Waals surface area contributed by atoms with Crippen molar-refractivity contribution in [3.05, 3.63) is 47.6 Å². The molecule has 4 rings (SSSR count). The number of nitrogens with zero attached hydrogens (tertiary/aromatic N) is 2. The standard InChI is InChI=1S/C21H23N3O3S/c1-14(27-20(26)17-13-23-18-10-6-5-9-16(17)18)19(25)24(21-22-11-12-28-21)15-7-3-2-4-8-15/h5-6,9-15,23H,2-4,7-8H2,1H3. The summed E-state index contributed by atoms with van der Waals surface area (Å²) < 4.78 is 5.56. The molecule has 2 heterocycles. The first-order valence-electron chi connectivity index (χ1n) is 9.65. The minimum atomic E-state index is -0.882. The van der Waals surface area contributed by atoms with E-state index in [0.29, 0.717) is 10.7 Å². The van der Waals surface area contributed by atoms with E-state index < -0.39 is 12.1 Å². The number of fused-ring (bicyclic) bond motifs is 1. The van der Waals surface area contributed by atoms with Gasteiger partial charge in [0.05, 0.1) is 5.56 Å². The Balaban J connectivity index is 1.52. The number of carbonyl (C=O) groups is 2. The molecule has 0 aliphatic heterocycles. The van der Waals surface area contributed by atoms with Gasteiger partial charge in [-0.3, -0.25) is 9.69 Å². The summed E-state index contributed by atoms with van der Waals surface area (Å²) in [6, 6.07) is 7.64. The number of rotatable bonds is 5. The molecule has 0 bridgehead atoms. The third kappa shape index (κ3) is 3.67. The summed E-state index contributed by atoms with van der Waals surface area (Å²) in [7, 11) is 0. The Kier molecular flexibility index (Phi) is 5.43. The summed E-state index contributed by atoms with van der Waals surface area (Å²) in [5, 5.41) is 3.32. The normalized spacial score (nSPS) is 16.0. The molecule has 7 heteroatoms. The van der Waals surface area contributed by atoms with Crippen molar-refractivity contribution in [2.75, 3.05) is 4.90 Å². The van der Waals surface area contributed by atoms with Crippen LogP contribution in [0.2, 0.25) is 0 Å². The van der Waals surface area contributed by atoms with Crippen LogP contribution in [0.1, 0.15) is 49.4 Å². The second-order valence-corrected chi connectivity index (χ2v) is 7.98. The summed E-state index contributed by atoms with van der Waals surface area (Å²) >= 11 is 1.44. The van der Waals surface area contributed by atoms with Gasteiger partial charge in [0.15, 0.2) is 11.2 Å². The molecule has 1 fully saturated rings. The van der Waals surface area contributed by atoms with Gasteiger partial charge in [-0.15, -0.1) is 11.3 Å². The van der Waals surface area contributed by atoms with E-state index in [-0.39, 0.29) is 11.9 Å². The molecule has 146 valence electrons. The molecule has 1 aliphatic carbocycles. The van der Waals surface area contributed by atoms with Crippen molar-refractivity contribution in [3.8, 4) is 0 Å². The molecule has 0 radical (unpaired) electrons. The summed E-state index contributed by atoms with van der Waals surface area (Å²) in [5.74, 6) is -0.712. The van der Waals surface area contributed by atoms with Crippen LogP contribution >= 0.6 is 11.3 Å². The van der Waals surface area contributed by atoms with Crippen molar-refractivity contribution < 1.29 is 14.3 Å². The Bertz CT molecular complexity index is 960. The Morgan fingerprint density at radius 2 is 2.04 bits per heavy atom. The second-order valence-electron chi connectivity index (χ2n) is 7.11. The van der Waals surface area contributed by atoms with Gasteiger partial charge in [0.2, 0.25) is 0 Å². The fourth-order valence-electron chi connectivity index (χ4n) is 3.82. The first-order chi connectivity index (χ1) is 13.6. The molecule has 3 aromatic rings. The van der Waals surface area contributed by atoms with E-state index in [1.807, 2.05) is 29.6 Å². The van der Waals surface area contributed by atoms with E-state index in [2.05, 4.69) is 9.97 Å². The third-order valence-electron chi connectivity index (χ3n) is 5.24. The average molecular weight is 398 g/mol. The Hall–Kier alpha value is -2.67. The van der Waals surface area contributed by atoms with Crippen LogP contribution < -0.4 is 4.90 Å². The number of anilines is 1. The molecule has 1 unspecified atom stereocenters. The van der Waals surface area contributed by atoms with Crippen LogP contribution in [0.3, 0.4) is 0 Å². The topological polar surface area (TPSA) is 75.3 Å². The van der Waals surface area contributed by atoms with Gasteiger partial charge in [-0.1, -0.05) is 37.5 Å². The zero-order chi connectivity index (χ0) is 19.5. The van der Waals surface area contributed by atoms with Gasteiger partial charge in [0, 0.05) is 34.7 Å². The molecule has 28 heavy (non-hydrogen) atoms. The SMILES string of the molecule is CC(OC(=O)c1c[nH]c2ccccc12)C(=O)N(c1nccs1)C1CCCCC1. The number of ether oxygens (including phenoxy) is 1.